The molecule has 3 unspecified atom stereocenters. The molecule has 1 saturated carbocycles. The monoisotopic (exact) mass is 252 g/mol. The van der Waals surface area contributed by atoms with E-state index < -0.39 is 0 Å². The maximum Gasteiger partial charge on any atom is 0.239 e. The lowest BCUT2D eigenvalue weighted by Gasteiger charge is -2.21. The van der Waals surface area contributed by atoms with E-state index in [4.69, 9.17) is 0 Å². The van der Waals surface area contributed by atoms with Gasteiger partial charge in [0.15, 0.2) is 0 Å². The number of nitrogens with zero attached hydrogens (tertiary/aromatic N) is 1. The first-order valence-electron chi connectivity index (χ1n) is 7.59. The van der Waals surface area contributed by atoms with Crippen LogP contribution < -0.4 is 5.32 Å². The molecule has 2 aliphatic rings. The summed E-state index contributed by atoms with van der Waals surface area (Å²) in [6, 6.07) is 0.657. The number of amides is 1. The minimum absolute atomic E-state index is 0.0931. The Labute approximate surface area is 111 Å². The SMILES string of the molecule is CC(C)C1CCCC(NC2CCN(C)C2=O)CC1. The summed E-state index contributed by atoms with van der Waals surface area (Å²) in [4.78, 5) is 13.8. The Morgan fingerprint density at radius 2 is 1.94 bits per heavy atom. The van der Waals surface area contributed by atoms with Gasteiger partial charge in [-0.3, -0.25) is 4.79 Å². The fraction of sp³-hybridized carbons (Fsp3) is 0.933. The van der Waals surface area contributed by atoms with Gasteiger partial charge in [0, 0.05) is 19.6 Å². The third-order valence-electron chi connectivity index (χ3n) is 4.82. The Kier molecular flexibility index (Phi) is 4.66. The average molecular weight is 252 g/mol. The molecule has 3 atom stereocenters. The van der Waals surface area contributed by atoms with Gasteiger partial charge < -0.3 is 10.2 Å². The number of nitrogens with one attached hydrogen (secondary N) is 1. The van der Waals surface area contributed by atoms with E-state index in [-0.39, 0.29) is 6.04 Å². The Bertz CT molecular complexity index is 290. The van der Waals surface area contributed by atoms with Crippen LogP contribution in [0.4, 0.5) is 0 Å². The van der Waals surface area contributed by atoms with Crippen molar-refractivity contribution in [1.82, 2.24) is 10.2 Å². The molecule has 1 saturated heterocycles. The fourth-order valence-electron chi connectivity index (χ4n) is 3.43. The molecule has 0 aromatic carbocycles. The Balaban J connectivity index is 1.82. The number of likely N-dealkylation sites (tertiary alicyclic amines) is 1. The van der Waals surface area contributed by atoms with Crippen LogP contribution in [-0.2, 0) is 4.79 Å². The van der Waals surface area contributed by atoms with Crippen molar-refractivity contribution >= 4 is 5.91 Å². The highest BCUT2D eigenvalue weighted by Crippen LogP contribution is 2.29. The van der Waals surface area contributed by atoms with Gasteiger partial charge in [-0.1, -0.05) is 26.7 Å². The van der Waals surface area contributed by atoms with Crippen LogP contribution in [0.3, 0.4) is 0 Å². The van der Waals surface area contributed by atoms with E-state index >= 15 is 0 Å². The van der Waals surface area contributed by atoms with Crippen LogP contribution in [0.5, 0.6) is 0 Å². The van der Waals surface area contributed by atoms with E-state index in [0.29, 0.717) is 11.9 Å². The van der Waals surface area contributed by atoms with Crippen molar-refractivity contribution in [3.05, 3.63) is 0 Å². The van der Waals surface area contributed by atoms with E-state index in [9.17, 15) is 4.79 Å². The summed E-state index contributed by atoms with van der Waals surface area (Å²) >= 11 is 0. The number of carbonyl (C=O) groups is 1. The maximum absolute atomic E-state index is 11.9. The third kappa shape index (κ3) is 3.25. The van der Waals surface area contributed by atoms with Crippen LogP contribution in [-0.4, -0.2) is 36.5 Å². The quantitative estimate of drug-likeness (QED) is 0.782. The summed E-state index contributed by atoms with van der Waals surface area (Å²) in [5.41, 5.74) is 0. The molecule has 104 valence electrons. The van der Waals surface area contributed by atoms with Crippen molar-refractivity contribution in [2.75, 3.05) is 13.6 Å². The minimum atomic E-state index is 0.0931. The van der Waals surface area contributed by atoms with Crippen LogP contribution in [0, 0.1) is 11.8 Å². The van der Waals surface area contributed by atoms with Gasteiger partial charge in [0.2, 0.25) is 5.91 Å². The molecular formula is C15H28N2O. The van der Waals surface area contributed by atoms with Gasteiger partial charge >= 0.3 is 0 Å². The molecule has 0 aromatic rings. The Morgan fingerprint density at radius 1 is 1.17 bits per heavy atom. The fourth-order valence-corrected chi connectivity index (χ4v) is 3.43. The maximum atomic E-state index is 11.9. The van der Waals surface area contributed by atoms with Gasteiger partial charge in [0.05, 0.1) is 6.04 Å². The number of hydrogen-bond acceptors (Lipinski definition) is 2. The summed E-state index contributed by atoms with van der Waals surface area (Å²) in [6.45, 7) is 5.60. The summed E-state index contributed by atoms with van der Waals surface area (Å²) < 4.78 is 0. The molecule has 0 spiro atoms. The van der Waals surface area contributed by atoms with E-state index in [2.05, 4.69) is 19.2 Å². The second kappa shape index (κ2) is 6.05. The van der Waals surface area contributed by atoms with Crippen molar-refractivity contribution in [3.63, 3.8) is 0 Å². The van der Waals surface area contributed by atoms with Crippen LogP contribution in [0.1, 0.15) is 52.4 Å². The van der Waals surface area contributed by atoms with Crippen molar-refractivity contribution < 1.29 is 4.79 Å². The van der Waals surface area contributed by atoms with Gasteiger partial charge in [0.1, 0.15) is 0 Å². The third-order valence-corrected chi connectivity index (χ3v) is 4.82. The molecule has 0 aromatic heterocycles. The molecule has 2 fully saturated rings. The van der Waals surface area contributed by atoms with Crippen LogP contribution in [0.25, 0.3) is 0 Å². The first-order chi connectivity index (χ1) is 8.58. The Morgan fingerprint density at radius 3 is 2.56 bits per heavy atom. The van der Waals surface area contributed by atoms with Crippen molar-refractivity contribution in [1.29, 1.82) is 0 Å². The van der Waals surface area contributed by atoms with Crippen LogP contribution in [0.2, 0.25) is 0 Å². The lowest BCUT2D eigenvalue weighted by molar-refractivity contribution is -0.128. The average Bonchev–Trinajstić information content (AvgIpc) is 2.58. The molecule has 1 aliphatic carbocycles. The Hall–Kier alpha value is -0.570. The first-order valence-corrected chi connectivity index (χ1v) is 7.59. The molecule has 18 heavy (non-hydrogen) atoms. The van der Waals surface area contributed by atoms with E-state index in [1.165, 1.54) is 32.1 Å². The second-order valence-electron chi connectivity index (χ2n) is 6.48. The lowest BCUT2D eigenvalue weighted by Crippen LogP contribution is -2.42. The zero-order valence-electron chi connectivity index (χ0n) is 12.1. The zero-order valence-corrected chi connectivity index (χ0v) is 12.1. The molecule has 3 heteroatoms. The molecule has 1 N–H and O–H groups in total. The number of likely N-dealkylation sites (N-methyl/N-ethyl adjacent to an activating group) is 1. The zero-order chi connectivity index (χ0) is 13.1. The van der Waals surface area contributed by atoms with E-state index in [1.54, 1.807) is 0 Å². The van der Waals surface area contributed by atoms with Gasteiger partial charge in [0.25, 0.3) is 0 Å². The van der Waals surface area contributed by atoms with Gasteiger partial charge in [-0.05, 0) is 37.5 Å². The molecule has 2 rings (SSSR count). The number of carbonyl (C=O) groups excluding carboxylic acids is 1. The molecule has 1 amide bonds. The molecular weight excluding hydrogens is 224 g/mol. The molecule has 3 nitrogen and oxygen atoms in total. The number of hydrogen-bond donors (Lipinski definition) is 1. The first kappa shape index (κ1) is 13.9. The standard InChI is InChI=1S/C15H28N2O/c1-11(2)12-5-4-6-13(8-7-12)16-14-9-10-17(3)15(14)18/h11-14,16H,4-10H2,1-3H3. The van der Waals surface area contributed by atoms with Gasteiger partial charge in [-0.25, -0.2) is 0 Å². The van der Waals surface area contributed by atoms with Gasteiger partial charge in [-0.2, -0.15) is 0 Å². The minimum Gasteiger partial charge on any atom is -0.344 e. The van der Waals surface area contributed by atoms with E-state index in [0.717, 1.165) is 24.8 Å². The molecule has 1 heterocycles. The molecule has 1 aliphatic heterocycles. The summed E-state index contributed by atoms with van der Waals surface area (Å²) in [6.07, 6.45) is 7.49. The lowest BCUT2D eigenvalue weighted by atomic mass is 9.89. The largest absolute Gasteiger partial charge is 0.344 e. The highest BCUT2D eigenvalue weighted by molar-refractivity contribution is 5.83. The van der Waals surface area contributed by atoms with Crippen molar-refractivity contribution in [2.24, 2.45) is 11.8 Å². The predicted molar refractivity (Wildman–Crippen MR) is 74.4 cm³/mol. The predicted octanol–water partition coefficient (Wildman–Crippen LogP) is 2.41. The second-order valence-corrected chi connectivity index (χ2v) is 6.48. The van der Waals surface area contributed by atoms with Crippen LogP contribution in [0.15, 0.2) is 0 Å². The van der Waals surface area contributed by atoms with Crippen molar-refractivity contribution in [2.45, 2.75) is 64.5 Å². The number of rotatable bonds is 3. The summed E-state index contributed by atoms with van der Waals surface area (Å²) in [5.74, 6) is 1.99. The highest BCUT2D eigenvalue weighted by Gasteiger charge is 2.31. The topological polar surface area (TPSA) is 32.3 Å². The van der Waals surface area contributed by atoms with Crippen molar-refractivity contribution in [3.8, 4) is 0 Å². The van der Waals surface area contributed by atoms with Crippen LogP contribution >= 0.6 is 0 Å². The smallest absolute Gasteiger partial charge is 0.239 e. The highest BCUT2D eigenvalue weighted by atomic mass is 16.2. The van der Waals surface area contributed by atoms with E-state index in [1.807, 2.05) is 11.9 Å². The normalized spacial score (nSPS) is 34.1. The molecule has 0 radical (unpaired) electrons. The molecule has 0 bridgehead atoms. The summed E-state index contributed by atoms with van der Waals surface area (Å²) in [7, 11) is 1.91. The van der Waals surface area contributed by atoms with Gasteiger partial charge in [-0.15, -0.1) is 0 Å². The summed E-state index contributed by atoms with van der Waals surface area (Å²) in [5, 5.41) is 3.61.